The number of benzene rings is 1. The number of terminal acetylenes is 1. The fourth-order valence-corrected chi connectivity index (χ4v) is 3.04. The molecule has 0 aliphatic carbocycles. The fraction of sp³-hybridized carbons (Fsp3) is 0.429. The lowest BCUT2D eigenvalue weighted by atomic mass is 10.0. The summed E-state index contributed by atoms with van der Waals surface area (Å²) < 4.78 is 7.47. The highest BCUT2D eigenvalue weighted by Gasteiger charge is 2.10. The van der Waals surface area contributed by atoms with Crippen LogP contribution in [-0.2, 0) is 6.42 Å². The van der Waals surface area contributed by atoms with Gasteiger partial charge in [-0.3, -0.25) is 0 Å². The molecular formula is C14H17Br2NO. The first kappa shape index (κ1) is 15.6. The second-order valence-corrected chi connectivity index (χ2v) is 5.77. The number of hydrogen-bond donors (Lipinski definition) is 1. The zero-order valence-electron chi connectivity index (χ0n) is 10.4. The van der Waals surface area contributed by atoms with Gasteiger partial charge >= 0.3 is 0 Å². The molecule has 0 fully saturated rings. The van der Waals surface area contributed by atoms with Crippen LogP contribution < -0.4 is 10.5 Å². The average Bonchev–Trinajstić information content (AvgIpc) is 2.32. The molecule has 98 valence electrons. The maximum Gasteiger partial charge on any atom is 0.147 e. The highest BCUT2D eigenvalue weighted by Crippen LogP contribution is 2.35. The van der Waals surface area contributed by atoms with Gasteiger partial charge in [-0.2, -0.15) is 0 Å². The Morgan fingerprint density at radius 2 is 2.00 bits per heavy atom. The van der Waals surface area contributed by atoms with E-state index < -0.39 is 0 Å². The Kier molecular flexibility index (Phi) is 6.77. The molecule has 1 unspecified atom stereocenters. The standard InChI is InChI=1S/C14H17Br2NO/c1-3-5-6-18-14-12(15)8-10(9-13(14)16)7-11(17)4-2/h1,8-9,11H,4-7,17H2,2H3. The topological polar surface area (TPSA) is 35.2 Å². The van der Waals surface area contributed by atoms with Crippen molar-refractivity contribution in [2.24, 2.45) is 5.73 Å². The lowest BCUT2D eigenvalue weighted by molar-refractivity contribution is 0.323. The van der Waals surface area contributed by atoms with Gasteiger partial charge in [0.2, 0.25) is 0 Å². The quantitative estimate of drug-likeness (QED) is 0.605. The molecule has 0 saturated carbocycles. The SMILES string of the molecule is C#CCCOc1c(Br)cc(CC(N)CC)cc1Br. The van der Waals surface area contributed by atoms with Gasteiger partial charge in [-0.05, 0) is 62.4 Å². The Morgan fingerprint density at radius 3 is 2.50 bits per heavy atom. The number of hydrogen-bond acceptors (Lipinski definition) is 2. The summed E-state index contributed by atoms with van der Waals surface area (Å²) in [5, 5.41) is 0. The third kappa shape index (κ3) is 4.64. The Bertz CT molecular complexity index is 417. The molecule has 18 heavy (non-hydrogen) atoms. The zero-order chi connectivity index (χ0) is 13.5. The van der Waals surface area contributed by atoms with Crippen LogP contribution in [0.15, 0.2) is 21.1 Å². The fourth-order valence-electron chi connectivity index (χ4n) is 1.53. The Hall–Kier alpha value is -0.500. The van der Waals surface area contributed by atoms with Crippen LogP contribution in [-0.4, -0.2) is 12.6 Å². The van der Waals surface area contributed by atoms with E-state index in [9.17, 15) is 0 Å². The molecule has 0 aromatic heterocycles. The summed E-state index contributed by atoms with van der Waals surface area (Å²) in [5.74, 6) is 3.34. The molecule has 0 radical (unpaired) electrons. The Labute approximate surface area is 126 Å². The van der Waals surface area contributed by atoms with Crippen LogP contribution in [0.5, 0.6) is 5.75 Å². The van der Waals surface area contributed by atoms with Gasteiger partial charge in [-0.1, -0.05) is 6.92 Å². The van der Waals surface area contributed by atoms with Gasteiger partial charge in [-0.15, -0.1) is 12.3 Å². The van der Waals surface area contributed by atoms with E-state index in [1.165, 1.54) is 5.56 Å². The van der Waals surface area contributed by atoms with Crippen molar-refractivity contribution in [3.63, 3.8) is 0 Å². The van der Waals surface area contributed by atoms with Gasteiger partial charge in [0.1, 0.15) is 5.75 Å². The van der Waals surface area contributed by atoms with Gasteiger partial charge < -0.3 is 10.5 Å². The van der Waals surface area contributed by atoms with E-state index >= 15 is 0 Å². The summed E-state index contributed by atoms with van der Waals surface area (Å²) in [7, 11) is 0. The van der Waals surface area contributed by atoms with E-state index in [0.717, 1.165) is 27.5 Å². The third-order valence-electron chi connectivity index (χ3n) is 2.57. The highest BCUT2D eigenvalue weighted by atomic mass is 79.9. The first-order valence-electron chi connectivity index (χ1n) is 5.88. The van der Waals surface area contributed by atoms with Crippen molar-refractivity contribution < 1.29 is 4.74 Å². The van der Waals surface area contributed by atoms with Crippen molar-refractivity contribution >= 4 is 31.9 Å². The first-order chi connectivity index (χ1) is 8.58. The van der Waals surface area contributed by atoms with Crippen molar-refractivity contribution in [3.05, 3.63) is 26.6 Å². The molecular weight excluding hydrogens is 358 g/mol. The smallest absolute Gasteiger partial charge is 0.147 e. The zero-order valence-corrected chi connectivity index (χ0v) is 13.6. The molecule has 1 atom stereocenters. The number of nitrogens with two attached hydrogens (primary N) is 1. The van der Waals surface area contributed by atoms with Crippen LogP contribution in [0.3, 0.4) is 0 Å². The van der Waals surface area contributed by atoms with Crippen LogP contribution in [0.25, 0.3) is 0 Å². The molecule has 2 nitrogen and oxygen atoms in total. The molecule has 1 aromatic carbocycles. The molecule has 0 saturated heterocycles. The van der Waals surface area contributed by atoms with E-state index in [1.807, 2.05) is 12.1 Å². The van der Waals surface area contributed by atoms with Crippen LogP contribution >= 0.6 is 31.9 Å². The second-order valence-electron chi connectivity index (χ2n) is 4.06. The molecule has 0 bridgehead atoms. The monoisotopic (exact) mass is 373 g/mol. The molecule has 1 aromatic rings. The van der Waals surface area contributed by atoms with Crippen LogP contribution in [0, 0.1) is 12.3 Å². The molecule has 2 N–H and O–H groups in total. The van der Waals surface area contributed by atoms with Crippen molar-refractivity contribution in [1.82, 2.24) is 0 Å². The molecule has 0 aliphatic heterocycles. The summed E-state index contributed by atoms with van der Waals surface area (Å²) in [5.41, 5.74) is 7.14. The first-order valence-corrected chi connectivity index (χ1v) is 7.46. The minimum atomic E-state index is 0.192. The van der Waals surface area contributed by atoms with Gasteiger partial charge in [0.15, 0.2) is 0 Å². The van der Waals surface area contributed by atoms with Gasteiger partial charge in [-0.25, -0.2) is 0 Å². The second kappa shape index (κ2) is 7.83. The normalized spacial score (nSPS) is 11.9. The highest BCUT2D eigenvalue weighted by molar-refractivity contribution is 9.11. The minimum absolute atomic E-state index is 0.192. The van der Waals surface area contributed by atoms with Crippen LogP contribution in [0.2, 0.25) is 0 Å². The number of ether oxygens (including phenoxy) is 1. The predicted molar refractivity (Wildman–Crippen MR) is 82.8 cm³/mol. The van der Waals surface area contributed by atoms with Crippen molar-refractivity contribution in [1.29, 1.82) is 0 Å². The summed E-state index contributed by atoms with van der Waals surface area (Å²) in [6, 6.07) is 4.29. The van der Waals surface area contributed by atoms with Crippen molar-refractivity contribution in [3.8, 4) is 18.1 Å². The van der Waals surface area contributed by atoms with E-state index in [0.29, 0.717) is 13.0 Å². The predicted octanol–water partition coefficient (Wildman–Crippen LogP) is 3.89. The Balaban J connectivity index is 2.81. The van der Waals surface area contributed by atoms with Crippen molar-refractivity contribution in [2.75, 3.05) is 6.61 Å². The lowest BCUT2D eigenvalue weighted by Gasteiger charge is -2.13. The molecule has 0 spiro atoms. The minimum Gasteiger partial charge on any atom is -0.490 e. The molecule has 0 amide bonds. The number of halogens is 2. The maximum absolute atomic E-state index is 5.96. The lowest BCUT2D eigenvalue weighted by Crippen LogP contribution is -2.21. The molecule has 4 heteroatoms. The Morgan fingerprint density at radius 1 is 1.39 bits per heavy atom. The van der Waals surface area contributed by atoms with E-state index in [1.54, 1.807) is 0 Å². The summed E-state index contributed by atoms with van der Waals surface area (Å²) >= 11 is 7.03. The summed E-state index contributed by atoms with van der Waals surface area (Å²) in [6.07, 6.45) is 7.62. The van der Waals surface area contributed by atoms with E-state index in [4.69, 9.17) is 16.9 Å². The molecule has 0 aliphatic rings. The average molecular weight is 375 g/mol. The third-order valence-corrected chi connectivity index (χ3v) is 3.75. The maximum atomic E-state index is 5.96. The molecule has 1 rings (SSSR count). The van der Waals surface area contributed by atoms with E-state index in [2.05, 4.69) is 44.7 Å². The van der Waals surface area contributed by atoms with Gasteiger partial charge in [0, 0.05) is 12.5 Å². The largest absolute Gasteiger partial charge is 0.490 e. The van der Waals surface area contributed by atoms with Gasteiger partial charge in [0.05, 0.1) is 15.6 Å². The van der Waals surface area contributed by atoms with Crippen molar-refractivity contribution in [2.45, 2.75) is 32.2 Å². The number of rotatable bonds is 6. The summed E-state index contributed by atoms with van der Waals surface area (Å²) in [4.78, 5) is 0. The van der Waals surface area contributed by atoms with Gasteiger partial charge in [0.25, 0.3) is 0 Å². The van der Waals surface area contributed by atoms with Crippen LogP contribution in [0.4, 0.5) is 0 Å². The van der Waals surface area contributed by atoms with E-state index in [-0.39, 0.29) is 6.04 Å². The molecule has 0 heterocycles. The van der Waals surface area contributed by atoms with Crippen LogP contribution in [0.1, 0.15) is 25.3 Å². The summed E-state index contributed by atoms with van der Waals surface area (Å²) in [6.45, 7) is 2.60.